The minimum absolute atomic E-state index is 0.0980. The molecular formula is C8H13NO2S. The van der Waals surface area contributed by atoms with Gasteiger partial charge < -0.3 is 10.4 Å². The van der Waals surface area contributed by atoms with Crippen LogP contribution in [0, 0.1) is 0 Å². The van der Waals surface area contributed by atoms with E-state index in [0.29, 0.717) is 5.57 Å². The minimum Gasteiger partial charge on any atom is -0.380 e. The van der Waals surface area contributed by atoms with E-state index in [1.165, 1.54) is 11.8 Å². The quantitative estimate of drug-likeness (QED) is 0.619. The lowest BCUT2D eigenvalue weighted by molar-refractivity contribution is -0.118. The van der Waals surface area contributed by atoms with E-state index in [1.54, 1.807) is 6.92 Å². The van der Waals surface area contributed by atoms with Gasteiger partial charge in [0.25, 0.3) is 0 Å². The molecule has 0 aromatic rings. The van der Waals surface area contributed by atoms with Crippen LogP contribution in [-0.2, 0) is 4.79 Å². The number of aliphatic hydroxyl groups excluding tert-OH is 1. The second kappa shape index (κ2) is 3.96. The van der Waals surface area contributed by atoms with Crippen LogP contribution in [-0.4, -0.2) is 28.2 Å². The highest BCUT2D eigenvalue weighted by atomic mass is 32.2. The summed E-state index contributed by atoms with van der Waals surface area (Å²) in [6.45, 7) is 5.18. The van der Waals surface area contributed by atoms with E-state index in [-0.39, 0.29) is 11.9 Å². The van der Waals surface area contributed by atoms with E-state index in [4.69, 9.17) is 0 Å². The third-order valence-corrected chi connectivity index (χ3v) is 2.91. The average Bonchev–Trinajstić information content (AvgIpc) is 2.36. The molecule has 1 heterocycles. The van der Waals surface area contributed by atoms with E-state index in [2.05, 4.69) is 11.9 Å². The Morgan fingerprint density at radius 3 is 2.83 bits per heavy atom. The van der Waals surface area contributed by atoms with Gasteiger partial charge in [-0.15, -0.1) is 11.8 Å². The van der Waals surface area contributed by atoms with Crippen molar-refractivity contribution >= 4 is 17.7 Å². The van der Waals surface area contributed by atoms with Crippen molar-refractivity contribution in [2.75, 3.05) is 5.75 Å². The molecule has 0 spiro atoms. The topological polar surface area (TPSA) is 49.3 Å². The lowest BCUT2D eigenvalue weighted by Gasteiger charge is -2.15. The Labute approximate surface area is 76.2 Å². The fourth-order valence-corrected chi connectivity index (χ4v) is 2.08. The van der Waals surface area contributed by atoms with Gasteiger partial charge in [0.2, 0.25) is 5.91 Å². The summed E-state index contributed by atoms with van der Waals surface area (Å²) in [5, 5.41) is 12.1. The van der Waals surface area contributed by atoms with E-state index in [0.717, 1.165) is 12.2 Å². The van der Waals surface area contributed by atoms with Gasteiger partial charge in [-0.3, -0.25) is 4.79 Å². The van der Waals surface area contributed by atoms with Crippen LogP contribution in [0.2, 0.25) is 0 Å². The lowest BCUT2D eigenvalue weighted by atomic mass is 10.2. The molecule has 1 rings (SSSR count). The van der Waals surface area contributed by atoms with Gasteiger partial charge in [-0.2, -0.15) is 0 Å². The molecule has 68 valence electrons. The van der Waals surface area contributed by atoms with Crippen molar-refractivity contribution in [1.82, 2.24) is 5.32 Å². The van der Waals surface area contributed by atoms with Gasteiger partial charge in [-0.05, 0) is 19.1 Å². The Balaban J connectivity index is 2.40. The van der Waals surface area contributed by atoms with Crippen molar-refractivity contribution in [2.24, 2.45) is 0 Å². The first kappa shape index (κ1) is 9.61. The molecule has 3 nitrogen and oxygen atoms in total. The zero-order valence-corrected chi connectivity index (χ0v) is 7.86. The molecule has 2 unspecified atom stereocenters. The van der Waals surface area contributed by atoms with Crippen LogP contribution in [0.15, 0.2) is 12.2 Å². The number of carbonyl (C=O) groups excluding carboxylic acids is 1. The Kier molecular flexibility index (Phi) is 3.17. The summed E-state index contributed by atoms with van der Waals surface area (Å²) < 4.78 is 0. The van der Waals surface area contributed by atoms with E-state index >= 15 is 0 Å². The van der Waals surface area contributed by atoms with Crippen molar-refractivity contribution in [1.29, 1.82) is 0 Å². The smallest absolute Gasteiger partial charge is 0.246 e. The highest BCUT2D eigenvalue weighted by molar-refractivity contribution is 8.00. The van der Waals surface area contributed by atoms with Crippen LogP contribution >= 0.6 is 11.8 Å². The maximum Gasteiger partial charge on any atom is 0.246 e. The van der Waals surface area contributed by atoms with E-state index < -0.39 is 5.44 Å². The molecule has 0 bridgehead atoms. The van der Waals surface area contributed by atoms with Crippen LogP contribution in [0.4, 0.5) is 0 Å². The molecule has 4 heteroatoms. The Morgan fingerprint density at radius 2 is 2.42 bits per heavy atom. The SMILES string of the molecule is C=C(C)C(=O)NC1CCSC1O. The summed E-state index contributed by atoms with van der Waals surface area (Å²) in [7, 11) is 0. The summed E-state index contributed by atoms with van der Waals surface area (Å²) in [6.07, 6.45) is 0.838. The van der Waals surface area contributed by atoms with Crippen molar-refractivity contribution in [3.05, 3.63) is 12.2 Å². The Hall–Kier alpha value is -0.480. The number of thioether (sulfide) groups is 1. The number of carbonyl (C=O) groups is 1. The zero-order chi connectivity index (χ0) is 9.14. The molecule has 0 aromatic carbocycles. The maximum absolute atomic E-state index is 11.1. The Bertz CT molecular complexity index is 205. The molecule has 0 saturated carbocycles. The van der Waals surface area contributed by atoms with Crippen molar-refractivity contribution in [2.45, 2.75) is 24.8 Å². The summed E-state index contributed by atoms with van der Waals surface area (Å²) >= 11 is 1.47. The molecule has 0 radical (unpaired) electrons. The van der Waals surface area contributed by atoms with Crippen LogP contribution < -0.4 is 5.32 Å². The van der Waals surface area contributed by atoms with Crippen LogP contribution in [0.3, 0.4) is 0 Å². The number of nitrogens with one attached hydrogen (secondary N) is 1. The molecule has 0 aliphatic carbocycles. The standard InChI is InChI=1S/C8H13NO2S/c1-5(2)7(10)9-6-3-4-12-8(6)11/h6,8,11H,1,3-4H2,2H3,(H,9,10). The number of rotatable bonds is 2. The zero-order valence-electron chi connectivity index (χ0n) is 7.04. The predicted octanol–water partition coefficient (Wildman–Crippen LogP) is 0.503. The van der Waals surface area contributed by atoms with Gasteiger partial charge in [-0.25, -0.2) is 0 Å². The molecular weight excluding hydrogens is 174 g/mol. The monoisotopic (exact) mass is 187 g/mol. The van der Waals surface area contributed by atoms with Crippen LogP contribution in [0.1, 0.15) is 13.3 Å². The molecule has 1 aliphatic heterocycles. The summed E-state index contributed by atoms with van der Waals surface area (Å²) in [5.41, 5.74) is 0.0346. The Morgan fingerprint density at radius 1 is 1.75 bits per heavy atom. The number of hydrogen-bond acceptors (Lipinski definition) is 3. The van der Waals surface area contributed by atoms with Gasteiger partial charge >= 0.3 is 0 Å². The first-order valence-electron chi connectivity index (χ1n) is 3.87. The van der Waals surface area contributed by atoms with Gasteiger partial charge in [0.1, 0.15) is 5.44 Å². The first-order chi connectivity index (χ1) is 5.61. The summed E-state index contributed by atoms with van der Waals surface area (Å²) in [6, 6.07) is -0.0980. The summed E-state index contributed by atoms with van der Waals surface area (Å²) in [4.78, 5) is 11.1. The fourth-order valence-electron chi connectivity index (χ4n) is 1.01. The highest BCUT2D eigenvalue weighted by Gasteiger charge is 2.26. The highest BCUT2D eigenvalue weighted by Crippen LogP contribution is 2.24. The van der Waals surface area contributed by atoms with Gasteiger partial charge in [0.15, 0.2) is 0 Å². The van der Waals surface area contributed by atoms with Crippen molar-refractivity contribution < 1.29 is 9.90 Å². The third kappa shape index (κ3) is 2.25. The normalized spacial score (nSPS) is 28.5. The first-order valence-corrected chi connectivity index (χ1v) is 4.92. The van der Waals surface area contributed by atoms with E-state index in [1.807, 2.05) is 0 Å². The average molecular weight is 187 g/mol. The molecule has 2 atom stereocenters. The van der Waals surface area contributed by atoms with Crippen molar-refractivity contribution in [3.63, 3.8) is 0 Å². The number of aliphatic hydroxyl groups is 1. The molecule has 0 aromatic heterocycles. The number of amides is 1. The largest absolute Gasteiger partial charge is 0.380 e. The van der Waals surface area contributed by atoms with Gasteiger partial charge in [-0.1, -0.05) is 6.58 Å². The van der Waals surface area contributed by atoms with Gasteiger partial charge in [0.05, 0.1) is 6.04 Å². The lowest BCUT2D eigenvalue weighted by Crippen LogP contribution is -2.39. The molecule has 1 saturated heterocycles. The number of hydrogen-bond donors (Lipinski definition) is 2. The fraction of sp³-hybridized carbons (Fsp3) is 0.625. The van der Waals surface area contributed by atoms with Crippen LogP contribution in [0.5, 0.6) is 0 Å². The molecule has 12 heavy (non-hydrogen) atoms. The molecule has 1 fully saturated rings. The van der Waals surface area contributed by atoms with Gasteiger partial charge in [0, 0.05) is 5.57 Å². The second-order valence-electron chi connectivity index (χ2n) is 2.91. The third-order valence-electron chi connectivity index (χ3n) is 1.77. The summed E-state index contributed by atoms with van der Waals surface area (Å²) in [5.74, 6) is 0.740. The second-order valence-corrected chi connectivity index (χ2v) is 4.13. The van der Waals surface area contributed by atoms with E-state index in [9.17, 15) is 9.90 Å². The van der Waals surface area contributed by atoms with Crippen molar-refractivity contribution in [3.8, 4) is 0 Å². The van der Waals surface area contributed by atoms with Crippen LogP contribution in [0.25, 0.3) is 0 Å². The molecule has 1 amide bonds. The maximum atomic E-state index is 11.1. The predicted molar refractivity (Wildman–Crippen MR) is 49.8 cm³/mol. The molecule has 2 N–H and O–H groups in total. The minimum atomic E-state index is -0.451. The molecule has 1 aliphatic rings.